The molecule has 8 heteroatoms. The second kappa shape index (κ2) is 8.77. The number of hydrogen-bond donors (Lipinski definition) is 1. The molecule has 2 aromatic rings. The van der Waals surface area contributed by atoms with Crippen LogP contribution in [0.1, 0.15) is 10.4 Å². The van der Waals surface area contributed by atoms with Gasteiger partial charge in [0.2, 0.25) is 0 Å². The average molecular weight is 436 g/mol. The number of carbonyl (C=O) groups is 2. The summed E-state index contributed by atoms with van der Waals surface area (Å²) in [5.74, 6) is 1.07. The fourth-order valence-corrected chi connectivity index (χ4v) is 2.94. The number of amides is 1. The number of benzene rings is 2. The van der Waals surface area contributed by atoms with Crippen LogP contribution in [0.4, 0.5) is 0 Å². The lowest BCUT2D eigenvalue weighted by atomic mass is 10.2. The van der Waals surface area contributed by atoms with Crippen LogP contribution in [0.3, 0.4) is 0 Å². The Labute approximate surface area is 164 Å². The molecule has 1 N–H and O–H groups in total. The minimum absolute atomic E-state index is 0.166. The summed E-state index contributed by atoms with van der Waals surface area (Å²) in [4.78, 5) is 23.5. The van der Waals surface area contributed by atoms with E-state index in [1.165, 1.54) is 7.11 Å². The van der Waals surface area contributed by atoms with E-state index in [0.717, 1.165) is 0 Å². The first-order valence-corrected chi connectivity index (χ1v) is 9.02. The lowest BCUT2D eigenvalue weighted by Gasteiger charge is -2.26. The van der Waals surface area contributed by atoms with Crippen LogP contribution >= 0.6 is 15.9 Å². The van der Waals surface area contributed by atoms with Crippen molar-refractivity contribution in [3.8, 4) is 17.2 Å². The minimum atomic E-state index is -0.448. The normalized spacial score (nSPS) is 15.0. The number of ether oxygens (including phenoxy) is 4. The molecule has 1 aliphatic heterocycles. The van der Waals surface area contributed by atoms with Gasteiger partial charge in [0.15, 0.2) is 18.1 Å². The number of halogens is 1. The zero-order valence-corrected chi connectivity index (χ0v) is 16.2. The number of fused-ring (bicyclic) bond motifs is 1. The first kappa shape index (κ1) is 19.0. The Balaban J connectivity index is 1.46. The molecule has 142 valence electrons. The molecule has 0 aliphatic carbocycles. The van der Waals surface area contributed by atoms with Crippen LogP contribution in [0.5, 0.6) is 17.2 Å². The van der Waals surface area contributed by atoms with Crippen LogP contribution in [0.25, 0.3) is 0 Å². The third-order valence-electron chi connectivity index (χ3n) is 3.81. The van der Waals surface area contributed by atoms with E-state index in [4.69, 9.17) is 14.2 Å². The molecule has 1 atom stereocenters. The Kier molecular flexibility index (Phi) is 6.18. The molecule has 1 amide bonds. The molecule has 0 saturated carbocycles. The molecule has 0 saturated heterocycles. The van der Waals surface area contributed by atoms with E-state index >= 15 is 0 Å². The maximum atomic E-state index is 12.0. The summed E-state index contributed by atoms with van der Waals surface area (Å²) in [5.41, 5.74) is 0.385. The highest BCUT2D eigenvalue weighted by molar-refractivity contribution is 9.10. The van der Waals surface area contributed by atoms with E-state index in [1.54, 1.807) is 18.2 Å². The quantitative estimate of drug-likeness (QED) is 0.702. The van der Waals surface area contributed by atoms with Gasteiger partial charge in [-0.15, -0.1) is 0 Å². The third kappa shape index (κ3) is 4.91. The SMILES string of the molecule is COC(=O)c1ccc(OCC(=O)NCC2COc3ccccc3O2)c(Br)c1. The van der Waals surface area contributed by atoms with Crippen LogP contribution < -0.4 is 19.5 Å². The number of rotatable bonds is 6. The van der Waals surface area contributed by atoms with E-state index in [9.17, 15) is 9.59 Å². The topological polar surface area (TPSA) is 83.1 Å². The molecule has 1 heterocycles. The monoisotopic (exact) mass is 435 g/mol. The molecule has 7 nitrogen and oxygen atoms in total. The van der Waals surface area contributed by atoms with Gasteiger partial charge in [-0.1, -0.05) is 12.1 Å². The number of methoxy groups -OCH3 is 1. The van der Waals surface area contributed by atoms with Crippen LogP contribution in [0.15, 0.2) is 46.9 Å². The highest BCUT2D eigenvalue weighted by Gasteiger charge is 2.21. The zero-order valence-electron chi connectivity index (χ0n) is 14.6. The van der Waals surface area contributed by atoms with Gasteiger partial charge in [0.05, 0.1) is 23.7 Å². The summed E-state index contributed by atoms with van der Waals surface area (Å²) in [6.45, 7) is 0.498. The van der Waals surface area contributed by atoms with Crippen molar-refractivity contribution in [2.75, 3.05) is 26.9 Å². The van der Waals surface area contributed by atoms with Gasteiger partial charge < -0.3 is 24.3 Å². The van der Waals surface area contributed by atoms with E-state index < -0.39 is 5.97 Å². The van der Waals surface area contributed by atoms with Crippen molar-refractivity contribution in [1.29, 1.82) is 0 Å². The minimum Gasteiger partial charge on any atom is -0.486 e. The first-order chi connectivity index (χ1) is 13.1. The molecule has 0 radical (unpaired) electrons. The van der Waals surface area contributed by atoms with Gasteiger partial charge in [-0.3, -0.25) is 4.79 Å². The molecule has 1 aliphatic rings. The van der Waals surface area contributed by atoms with Crippen LogP contribution in [-0.4, -0.2) is 44.8 Å². The average Bonchev–Trinajstić information content (AvgIpc) is 2.70. The summed E-state index contributed by atoms with van der Waals surface area (Å²) in [5, 5.41) is 2.75. The van der Waals surface area contributed by atoms with Gasteiger partial charge in [0.25, 0.3) is 5.91 Å². The summed E-state index contributed by atoms with van der Waals surface area (Å²) in [6.07, 6.45) is -0.269. The zero-order chi connectivity index (χ0) is 19.2. The van der Waals surface area contributed by atoms with Crippen molar-refractivity contribution < 1.29 is 28.5 Å². The van der Waals surface area contributed by atoms with Crippen molar-refractivity contribution in [1.82, 2.24) is 5.32 Å². The lowest BCUT2D eigenvalue weighted by Crippen LogP contribution is -2.42. The highest BCUT2D eigenvalue weighted by Crippen LogP contribution is 2.30. The van der Waals surface area contributed by atoms with Crippen molar-refractivity contribution in [2.24, 2.45) is 0 Å². The standard InChI is InChI=1S/C19H18BrNO6/c1-24-19(23)12-6-7-15(14(20)8-12)26-11-18(22)21-9-13-10-25-16-4-2-3-5-17(16)27-13/h2-8,13H,9-11H2,1H3,(H,21,22). The number of nitrogens with one attached hydrogen (secondary N) is 1. The molecule has 27 heavy (non-hydrogen) atoms. The molecule has 3 rings (SSSR count). The summed E-state index contributed by atoms with van der Waals surface area (Å²) in [6, 6.07) is 12.1. The predicted molar refractivity (Wildman–Crippen MR) is 100 cm³/mol. The Morgan fingerprint density at radius 3 is 2.74 bits per heavy atom. The number of esters is 1. The van der Waals surface area contributed by atoms with Gasteiger partial charge >= 0.3 is 5.97 Å². The third-order valence-corrected chi connectivity index (χ3v) is 4.43. The molecule has 0 spiro atoms. The van der Waals surface area contributed by atoms with E-state index in [1.807, 2.05) is 24.3 Å². The largest absolute Gasteiger partial charge is 0.486 e. The number of para-hydroxylation sites is 2. The Hall–Kier alpha value is -2.74. The van der Waals surface area contributed by atoms with E-state index in [-0.39, 0.29) is 18.6 Å². The highest BCUT2D eigenvalue weighted by atomic mass is 79.9. The second-order valence-electron chi connectivity index (χ2n) is 5.73. The van der Waals surface area contributed by atoms with Crippen LogP contribution in [-0.2, 0) is 9.53 Å². The van der Waals surface area contributed by atoms with Gasteiger partial charge in [0.1, 0.15) is 18.5 Å². The molecule has 2 aromatic carbocycles. The van der Waals surface area contributed by atoms with Crippen molar-refractivity contribution in [3.63, 3.8) is 0 Å². The molecule has 1 unspecified atom stereocenters. The summed E-state index contributed by atoms with van der Waals surface area (Å²) in [7, 11) is 1.31. The van der Waals surface area contributed by atoms with Gasteiger partial charge in [0, 0.05) is 0 Å². The smallest absolute Gasteiger partial charge is 0.337 e. The van der Waals surface area contributed by atoms with Crippen molar-refractivity contribution in [2.45, 2.75) is 6.10 Å². The van der Waals surface area contributed by atoms with Crippen LogP contribution in [0.2, 0.25) is 0 Å². The maximum Gasteiger partial charge on any atom is 0.337 e. The molecule has 0 fully saturated rings. The Morgan fingerprint density at radius 1 is 1.22 bits per heavy atom. The van der Waals surface area contributed by atoms with Crippen molar-refractivity contribution >= 4 is 27.8 Å². The Bertz CT molecular complexity index is 841. The van der Waals surface area contributed by atoms with Gasteiger partial charge in [-0.2, -0.15) is 0 Å². The maximum absolute atomic E-state index is 12.0. The predicted octanol–water partition coefficient (Wildman–Crippen LogP) is 2.57. The molecular weight excluding hydrogens is 418 g/mol. The first-order valence-electron chi connectivity index (χ1n) is 8.22. The van der Waals surface area contributed by atoms with Gasteiger partial charge in [-0.05, 0) is 46.3 Å². The summed E-state index contributed by atoms with van der Waals surface area (Å²) < 4.78 is 22.1. The fourth-order valence-electron chi connectivity index (χ4n) is 2.45. The van der Waals surface area contributed by atoms with E-state index in [2.05, 4.69) is 26.0 Å². The molecular formula is C19H18BrNO6. The molecule has 0 aromatic heterocycles. The van der Waals surface area contributed by atoms with E-state index in [0.29, 0.717) is 40.4 Å². The lowest BCUT2D eigenvalue weighted by molar-refractivity contribution is -0.123. The van der Waals surface area contributed by atoms with Gasteiger partial charge in [-0.25, -0.2) is 4.79 Å². The van der Waals surface area contributed by atoms with Crippen molar-refractivity contribution in [3.05, 3.63) is 52.5 Å². The number of hydrogen-bond acceptors (Lipinski definition) is 6. The Morgan fingerprint density at radius 2 is 2.00 bits per heavy atom. The molecule has 0 bridgehead atoms. The number of carbonyl (C=O) groups excluding carboxylic acids is 2. The van der Waals surface area contributed by atoms with Crippen LogP contribution in [0, 0.1) is 0 Å². The second-order valence-corrected chi connectivity index (χ2v) is 6.58. The fraction of sp³-hybridized carbons (Fsp3) is 0.263. The summed E-state index contributed by atoms with van der Waals surface area (Å²) >= 11 is 3.31.